The van der Waals surface area contributed by atoms with Crippen LogP contribution in [0.2, 0.25) is 0 Å². The molecule has 1 aromatic carbocycles. The van der Waals surface area contributed by atoms with Crippen molar-refractivity contribution in [1.29, 1.82) is 0 Å². The van der Waals surface area contributed by atoms with Crippen molar-refractivity contribution in [2.24, 2.45) is 4.99 Å². The minimum Gasteiger partial charge on any atom is -0.282 e. The summed E-state index contributed by atoms with van der Waals surface area (Å²) in [4.78, 5) is 10.3. The number of aryl methyl sites for hydroxylation is 1. The van der Waals surface area contributed by atoms with E-state index in [1.54, 1.807) is 11.8 Å². The number of nitrogens with zero attached hydrogens (tertiary/aromatic N) is 2. The fourth-order valence-electron chi connectivity index (χ4n) is 2.53. The minimum absolute atomic E-state index is 0.0849. The predicted molar refractivity (Wildman–Crippen MR) is 95.3 cm³/mol. The molecule has 22 heavy (non-hydrogen) atoms. The molecule has 112 valence electrons. The summed E-state index contributed by atoms with van der Waals surface area (Å²) in [5, 5.41) is 0.794. The summed E-state index contributed by atoms with van der Waals surface area (Å²) in [6.07, 6.45) is 6.07. The first-order valence-corrected chi connectivity index (χ1v) is 8.75. The van der Waals surface area contributed by atoms with Crippen LogP contribution < -0.4 is 0 Å². The summed E-state index contributed by atoms with van der Waals surface area (Å²) in [6, 6.07) is 12.7. The lowest BCUT2D eigenvalue weighted by atomic mass is 9.88. The number of benzene rings is 1. The topological polar surface area (TPSA) is 25.2 Å². The number of dihydropyridines is 1. The van der Waals surface area contributed by atoms with Gasteiger partial charge in [0.15, 0.2) is 0 Å². The van der Waals surface area contributed by atoms with Crippen molar-refractivity contribution < 1.29 is 0 Å². The normalized spacial score (nSPS) is 17.9. The maximum Gasteiger partial charge on any atom is 0.0747 e. The van der Waals surface area contributed by atoms with E-state index in [0.29, 0.717) is 6.54 Å². The molecule has 4 heteroatoms. The molecular formula is C18H17ClN2S. The third-order valence-electron chi connectivity index (χ3n) is 3.72. The van der Waals surface area contributed by atoms with E-state index in [-0.39, 0.29) is 5.92 Å². The number of pyridine rings is 1. The molecule has 0 saturated heterocycles. The lowest BCUT2D eigenvalue weighted by Gasteiger charge is -2.21. The molecule has 0 saturated carbocycles. The van der Waals surface area contributed by atoms with Crippen LogP contribution in [0.1, 0.15) is 22.7 Å². The van der Waals surface area contributed by atoms with Gasteiger partial charge in [-0.3, -0.25) is 9.98 Å². The quantitative estimate of drug-likeness (QED) is 0.755. The van der Waals surface area contributed by atoms with Crippen LogP contribution in [0.15, 0.2) is 63.6 Å². The number of aliphatic imine (C=N–C) groups is 1. The van der Waals surface area contributed by atoms with Crippen LogP contribution in [-0.4, -0.2) is 23.5 Å². The molecule has 2 aromatic rings. The van der Waals surface area contributed by atoms with Crippen LogP contribution in [0, 0.1) is 6.92 Å². The fraction of sp³-hybridized carbons (Fsp3) is 0.222. The summed E-state index contributed by atoms with van der Waals surface area (Å²) in [5.74, 6) is 0.0849. The maximum absolute atomic E-state index is 6.23. The largest absolute Gasteiger partial charge is 0.282 e. The highest BCUT2D eigenvalue weighted by Crippen LogP contribution is 2.30. The van der Waals surface area contributed by atoms with Gasteiger partial charge in [-0.05, 0) is 43.0 Å². The van der Waals surface area contributed by atoms with E-state index in [2.05, 4.69) is 52.6 Å². The third-order valence-corrected chi connectivity index (χ3v) is 4.71. The average Bonchev–Trinajstić information content (AvgIpc) is 2.56. The van der Waals surface area contributed by atoms with E-state index in [4.69, 9.17) is 11.6 Å². The van der Waals surface area contributed by atoms with E-state index in [0.717, 1.165) is 22.0 Å². The first kappa shape index (κ1) is 15.3. The summed E-state index contributed by atoms with van der Waals surface area (Å²) >= 11 is 7.97. The molecule has 0 bridgehead atoms. The summed E-state index contributed by atoms with van der Waals surface area (Å²) in [6.45, 7) is 2.53. The smallest absolute Gasteiger partial charge is 0.0747 e. The Balaban J connectivity index is 1.98. The van der Waals surface area contributed by atoms with Crippen LogP contribution in [0.5, 0.6) is 0 Å². The zero-order chi connectivity index (χ0) is 15.5. The van der Waals surface area contributed by atoms with Gasteiger partial charge >= 0.3 is 0 Å². The van der Waals surface area contributed by atoms with Crippen molar-refractivity contribution in [1.82, 2.24) is 4.98 Å². The summed E-state index contributed by atoms with van der Waals surface area (Å²) < 4.78 is 0. The SMILES string of the molecule is CSc1ccc(C2C=C(Cl)CN=C2c2ccc(C)nc2)cc1. The predicted octanol–water partition coefficient (Wildman–Crippen LogP) is 4.82. The molecule has 0 amide bonds. The molecule has 0 radical (unpaired) electrons. The molecule has 1 aromatic heterocycles. The molecule has 0 fully saturated rings. The van der Waals surface area contributed by atoms with Gasteiger partial charge in [0.2, 0.25) is 0 Å². The Hall–Kier alpha value is -1.58. The van der Waals surface area contributed by atoms with Crippen molar-refractivity contribution in [3.63, 3.8) is 0 Å². The molecule has 2 heterocycles. The Kier molecular flexibility index (Phi) is 4.65. The highest BCUT2D eigenvalue weighted by Gasteiger charge is 2.22. The van der Waals surface area contributed by atoms with Crippen molar-refractivity contribution in [2.75, 3.05) is 12.8 Å². The van der Waals surface area contributed by atoms with Gasteiger partial charge in [0.05, 0.1) is 12.3 Å². The van der Waals surface area contributed by atoms with Crippen molar-refractivity contribution in [2.45, 2.75) is 17.7 Å². The number of allylic oxidation sites excluding steroid dienone is 1. The van der Waals surface area contributed by atoms with Gasteiger partial charge < -0.3 is 0 Å². The molecule has 1 unspecified atom stereocenters. The zero-order valence-corrected chi connectivity index (χ0v) is 14.2. The van der Waals surface area contributed by atoms with Crippen LogP contribution in [0.4, 0.5) is 0 Å². The molecule has 2 nitrogen and oxygen atoms in total. The van der Waals surface area contributed by atoms with Gasteiger partial charge in [-0.15, -0.1) is 11.8 Å². The van der Waals surface area contributed by atoms with Gasteiger partial charge in [-0.1, -0.05) is 29.8 Å². The van der Waals surface area contributed by atoms with E-state index in [1.165, 1.54) is 10.5 Å². The molecule has 1 aliphatic heterocycles. The van der Waals surface area contributed by atoms with Crippen molar-refractivity contribution >= 4 is 29.1 Å². The standard InChI is InChI=1S/C18H17ClN2S/c1-12-3-4-14(10-20-12)18-17(9-15(19)11-21-18)13-5-7-16(22-2)8-6-13/h3-10,17H,11H2,1-2H3. The Bertz CT molecular complexity index is 718. The Morgan fingerprint density at radius 3 is 2.55 bits per heavy atom. The molecule has 0 spiro atoms. The second-order valence-corrected chi connectivity index (χ2v) is 6.62. The number of hydrogen-bond acceptors (Lipinski definition) is 3. The van der Waals surface area contributed by atoms with E-state index in [1.807, 2.05) is 19.2 Å². The first-order valence-electron chi connectivity index (χ1n) is 7.15. The van der Waals surface area contributed by atoms with Crippen molar-refractivity contribution in [3.8, 4) is 0 Å². The zero-order valence-electron chi connectivity index (χ0n) is 12.6. The van der Waals surface area contributed by atoms with Gasteiger partial charge in [-0.2, -0.15) is 0 Å². The number of halogens is 1. The number of thioether (sulfide) groups is 1. The highest BCUT2D eigenvalue weighted by atomic mass is 35.5. The second kappa shape index (κ2) is 6.67. The molecule has 0 N–H and O–H groups in total. The lowest BCUT2D eigenvalue weighted by molar-refractivity contribution is 1.03. The molecular weight excluding hydrogens is 312 g/mol. The van der Waals surface area contributed by atoms with Crippen LogP contribution >= 0.6 is 23.4 Å². The number of aromatic nitrogens is 1. The molecule has 1 atom stereocenters. The Morgan fingerprint density at radius 1 is 1.14 bits per heavy atom. The van der Waals surface area contributed by atoms with Crippen molar-refractivity contribution in [3.05, 3.63) is 70.5 Å². The van der Waals surface area contributed by atoms with Gasteiger partial charge in [0.1, 0.15) is 0 Å². The molecule has 3 rings (SSSR count). The van der Waals surface area contributed by atoms with E-state index < -0.39 is 0 Å². The second-order valence-electron chi connectivity index (χ2n) is 5.25. The Morgan fingerprint density at radius 2 is 1.91 bits per heavy atom. The molecule has 1 aliphatic rings. The number of rotatable bonds is 3. The van der Waals surface area contributed by atoms with E-state index in [9.17, 15) is 0 Å². The first-order chi connectivity index (χ1) is 10.7. The Labute approximate surface area is 140 Å². The highest BCUT2D eigenvalue weighted by molar-refractivity contribution is 7.98. The van der Waals surface area contributed by atoms with Crippen LogP contribution in [0.25, 0.3) is 0 Å². The lowest BCUT2D eigenvalue weighted by Crippen LogP contribution is -2.17. The third kappa shape index (κ3) is 3.26. The fourth-order valence-corrected chi connectivity index (χ4v) is 3.12. The maximum atomic E-state index is 6.23. The van der Waals surface area contributed by atoms with Crippen LogP contribution in [-0.2, 0) is 0 Å². The van der Waals surface area contributed by atoms with Gasteiger partial charge in [0.25, 0.3) is 0 Å². The van der Waals surface area contributed by atoms with Crippen LogP contribution in [0.3, 0.4) is 0 Å². The monoisotopic (exact) mass is 328 g/mol. The van der Waals surface area contributed by atoms with Gasteiger partial charge in [-0.25, -0.2) is 0 Å². The minimum atomic E-state index is 0.0849. The molecule has 0 aliphatic carbocycles. The number of hydrogen-bond donors (Lipinski definition) is 0. The van der Waals surface area contributed by atoms with E-state index >= 15 is 0 Å². The van der Waals surface area contributed by atoms with Gasteiger partial charge in [0, 0.05) is 33.3 Å². The average molecular weight is 329 g/mol. The summed E-state index contributed by atoms with van der Waals surface area (Å²) in [5.41, 5.74) is 4.31. The summed E-state index contributed by atoms with van der Waals surface area (Å²) in [7, 11) is 0.